The quantitative estimate of drug-likeness (QED) is 0.848. The number of nitrogens with zero attached hydrogens (tertiary/aromatic N) is 1. The second kappa shape index (κ2) is 7.95. The van der Waals surface area contributed by atoms with Gasteiger partial charge in [0.1, 0.15) is 0 Å². The van der Waals surface area contributed by atoms with E-state index < -0.39 is 0 Å². The topological polar surface area (TPSA) is 15.3 Å². The molecule has 1 aliphatic rings. The molecule has 1 N–H and O–H groups in total. The molecule has 2 rings (SSSR count). The van der Waals surface area contributed by atoms with Gasteiger partial charge in [-0.25, -0.2) is 0 Å². The lowest BCUT2D eigenvalue weighted by Gasteiger charge is -2.40. The zero-order valence-electron chi connectivity index (χ0n) is 14.2. The fourth-order valence-electron chi connectivity index (χ4n) is 3.68. The second-order valence-corrected chi connectivity index (χ2v) is 6.78. The smallest absolute Gasteiger partial charge is 0.0358 e. The van der Waals surface area contributed by atoms with Crippen LogP contribution in [0.2, 0.25) is 0 Å². The number of rotatable bonds is 6. The number of nitrogens with one attached hydrogen (secondary N) is 1. The molecule has 2 nitrogen and oxygen atoms in total. The van der Waals surface area contributed by atoms with E-state index in [1.54, 1.807) is 0 Å². The Balaban J connectivity index is 2.03. The molecule has 4 unspecified atom stereocenters. The highest BCUT2D eigenvalue weighted by Gasteiger charge is 2.28. The van der Waals surface area contributed by atoms with E-state index in [-0.39, 0.29) is 0 Å². The van der Waals surface area contributed by atoms with Crippen LogP contribution in [-0.4, -0.2) is 30.6 Å². The molecule has 118 valence electrons. The SMILES string of the molecule is CCNC(c1ccccc1)C(C)CN1CCCC(C)C1C. The Morgan fingerprint density at radius 3 is 2.62 bits per heavy atom. The van der Waals surface area contributed by atoms with Gasteiger partial charge in [0.05, 0.1) is 0 Å². The molecule has 0 aromatic heterocycles. The first kappa shape index (κ1) is 16.5. The van der Waals surface area contributed by atoms with Gasteiger partial charge in [0, 0.05) is 18.6 Å². The van der Waals surface area contributed by atoms with Crippen molar-refractivity contribution < 1.29 is 0 Å². The average Bonchev–Trinajstić information content (AvgIpc) is 2.50. The fraction of sp³-hybridized carbons (Fsp3) is 0.684. The summed E-state index contributed by atoms with van der Waals surface area (Å²) in [5, 5.41) is 3.69. The molecule has 21 heavy (non-hydrogen) atoms. The highest BCUT2D eigenvalue weighted by molar-refractivity contribution is 5.19. The van der Waals surface area contributed by atoms with Crippen LogP contribution in [0.15, 0.2) is 30.3 Å². The molecule has 0 radical (unpaired) electrons. The number of piperidine rings is 1. The number of benzene rings is 1. The fourth-order valence-corrected chi connectivity index (χ4v) is 3.68. The standard InChI is InChI=1S/C19H32N2/c1-5-20-19(18-11-7-6-8-12-18)16(3)14-21-13-9-10-15(2)17(21)4/h6-8,11-12,15-17,19-20H,5,9-10,13-14H2,1-4H3. The van der Waals surface area contributed by atoms with Gasteiger partial charge in [0.15, 0.2) is 0 Å². The molecule has 1 aromatic carbocycles. The van der Waals surface area contributed by atoms with Gasteiger partial charge in [-0.2, -0.15) is 0 Å². The van der Waals surface area contributed by atoms with Crippen LogP contribution < -0.4 is 5.32 Å². The van der Waals surface area contributed by atoms with Crippen molar-refractivity contribution >= 4 is 0 Å². The first-order chi connectivity index (χ1) is 10.1. The Morgan fingerprint density at radius 2 is 1.95 bits per heavy atom. The third kappa shape index (κ3) is 4.31. The minimum absolute atomic E-state index is 0.459. The molecule has 0 spiro atoms. The summed E-state index contributed by atoms with van der Waals surface area (Å²) >= 11 is 0. The van der Waals surface area contributed by atoms with E-state index in [0.717, 1.165) is 18.5 Å². The maximum absolute atomic E-state index is 3.69. The molecular formula is C19H32N2. The number of hydrogen-bond acceptors (Lipinski definition) is 2. The molecule has 1 fully saturated rings. The lowest BCUT2D eigenvalue weighted by atomic mass is 9.89. The second-order valence-electron chi connectivity index (χ2n) is 6.78. The predicted octanol–water partition coefficient (Wildman–Crippen LogP) is 4.09. The van der Waals surface area contributed by atoms with E-state index in [1.807, 2.05) is 0 Å². The monoisotopic (exact) mass is 288 g/mol. The van der Waals surface area contributed by atoms with Crippen LogP contribution in [0, 0.1) is 11.8 Å². The summed E-state index contributed by atoms with van der Waals surface area (Å²) in [7, 11) is 0. The maximum atomic E-state index is 3.69. The van der Waals surface area contributed by atoms with Gasteiger partial charge < -0.3 is 10.2 Å². The molecule has 4 atom stereocenters. The van der Waals surface area contributed by atoms with Crippen LogP contribution in [0.1, 0.15) is 52.1 Å². The molecule has 0 amide bonds. The molecule has 1 aliphatic heterocycles. The average molecular weight is 288 g/mol. The van der Waals surface area contributed by atoms with Crippen molar-refractivity contribution in [2.24, 2.45) is 11.8 Å². The van der Waals surface area contributed by atoms with Crippen molar-refractivity contribution in [2.45, 2.75) is 52.6 Å². The number of hydrogen-bond donors (Lipinski definition) is 1. The first-order valence-corrected chi connectivity index (χ1v) is 8.65. The molecule has 1 saturated heterocycles. The molecule has 1 heterocycles. The lowest BCUT2D eigenvalue weighted by Crippen LogP contribution is -2.46. The number of likely N-dealkylation sites (tertiary alicyclic amines) is 1. The minimum atomic E-state index is 0.459. The summed E-state index contributed by atoms with van der Waals surface area (Å²) in [6.45, 7) is 12.9. The first-order valence-electron chi connectivity index (χ1n) is 8.65. The molecule has 0 aliphatic carbocycles. The van der Waals surface area contributed by atoms with Crippen LogP contribution in [0.4, 0.5) is 0 Å². The Labute approximate surface area is 130 Å². The van der Waals surface area contributed by atoms with Crippen LogP contribution in [-0.2, 0) is 0 Å². The Bertz CT molecular complexity index is 403. The van der Waals surface area contributed by atoms with Gasteiger partial charge in [-0.3, -0.25) is 0 Å². The molecular weight excluding hydrogens is 256 g/mol. The highest BCUT2D eigenvalue weighted by atomic mass is 15.2. The van der Waals surface area contributed by atoms with Gasteiger partial charge in [-0.15, -0.1) is 0 Å². The van der Waals surface area contributed by atoms with Gasteiger partial charge in [0.2, 0.25) is 0 Å². The summed E-state index contributed by atoms with van der Waals surface area (Å²) in [5.41, 5.74) is 1.42. The van der Waals surface area contributed by atoms with Crippen LogP contribution in [0.5, 0.6) is 0 Å². The lowest BCUT2D eigenvalue weighted by molar-refractivity contribution is 0.0902. The molecule has 0 saturated carbocycles. The molecule has 0 bridgehead atoms. The van der Waals surface area contributed by atoms with E-state index in [1.165, 1.54) is 31.5 Å². The molecule has 2 heteroatoms. The normalized spacial score (nSPS) is 26.5. The van der Waals surface area contributed by atoms with Crippen molar-refractivity contribution in [1.29, 1.82) is 0 Å². The minimum Gasteiger partial charge on any atom is -0.310 e. The Kier molecular flexibility index (Phi) is 6.25. The van der Waals surface area contributed by atoms with E-state index >= 15 is 0 Å². The van der Waals surface area contributed by atoms with Gasteiger partial charge in [0.25, 0.3) is 0 Å². The highest BCUT2D eigenvalue weighted by Crippen LogP contribution is 2.27. The zero-order valence-corrected chi connectivity index (χ0v) is 14.2. The zero-order chi connectivity index (χ0) is 15.2. The Hall–Kier alpha value is -0.860. The van der Waals surface area contributed by atoms with Crippen molar-refractivity contribution in [3.05, 3.63) is 35.9 Å². The van der Waals surface area contributed by atoms with E-state index in [9.17, 15) is 0 Å². The summed E-state index contributed by atoms with van der Waals surface area (Å²) in [6, 6.07) is 12.1. The van der Waals surface area contributed by atoms with E-state index in [0.29, 0.717) is 12.0 Å². The summed E-state index contributed by atoms with van der Waals surface area (Å²) in [5.74, 6) is 1.46. The largest absolute Gasteiger partial charge is 0.310 e. The van der Waals surface area contributed by atoms with Crippen molar-refractivity contribution in [2.75, 3.05) is 19.6 Å². The van der Waals surface area contributed by atoms with Crippen LogP contribution in [0.25, 0.3) is 0 Å². The van der Waals surface area contributed by atoms with E-state index in [4.69, 9.17) is 0 Å². The third-order valence-electron chi connectivity index (χ3n) is 5.18. The van der Waals surface area contributed by atoms with Crippen LogP contribution in [0.3, 0.4) is 0 Å². The van der Waals surface area contributed by atoms with Crippen LogP contribution >= 0.6 is 0 Å². The molecule has 1 aromatic rings. The summed E-state index contributed by atoms with van der Waals surface area (Å²) in [4.78, 5) is 2.70. The summed E-state index contributed by atoms with van der Waals surface area (Å²) in [6.07, 6.45) is 2.75. The van der Waals surface area contributed by atoms with Gasteiger partial charge in [-0.1, -0.05) is 51.1 Å². The predicted molar refractivity (Wildman–Crippen MR) is 91.5 cm³/mol. The maximum Gasteiger partial charge on any atom is 0.0358 e. The van der Waals surface area contributed by atoms with Gasteiger partial charge in [-0.05, 0) is 50.3 Å². The van der Waals surface area contributed by atoms with Crippen molar-refractivity contribution in [3.63, 3.8) is 0 Å². The Morgan fingerprint density at radius 1 is 1.24 bits per heavy atom. The third-order valence-corrected chi connectivity index (χ3v) is 5.18. The van der Waals surface area contributed by atoms with Gasteiger partial charge >= 0.3 is 0 Å². The van der Waals surface area contributed by atoms with Crippen molar-refractivity contribution in [3.8, 4) is 0 Å². The van der Waals surface area contributed by atoms with E-state index in [2.05, 4.69) is 68.2 Å². The summed E-state index contributed by atoms with van der Waals surface area (Å²) < 4.78 is 0. The van der Waals surface area contributed by atoms with Crippen molar-refractivity contribution in [1.82, 2.24) is 10.2 Å².